The molecule has 1 aromatic carbocycles. The zero-order chi connectivity index (χ0) is 13.4. The van der Waals surface area contributed by atoms with Crippen molar-refractivity contribution in [2.45, 2.75) is 19.1 Å². The molecule has 0 atom stereocenters. The SMILES string of the molecule is Cc1ccc(CSCC(=O)N(C)CCC#N)cc1. The summed E-state index contributed by atoms with van der Waals surface area (Å²) in [7, 11) is 1.74. The number of amides is 1. The minimum Gasteiger partial charge on any atom is -0.344 e. The standard InChI is InChI=1S/C14H18N2OS/c1-12-4-6-13(7-5-12)10-18-11-14(17)16(2)9-3-8-15/h4-7H,3,9-11H2,1-2H3. The van der Waals surface area contributed by atoms with E-state index in [1.54, 1.807) is 23.7 Å². The Labute approximate surface area is 113 Å². The molecule has 1 rings (SSSR count). The molecule has 1 aromatic rings. The minimum absolute atomic E-state index is 0.0855. The lowest BCUT2D eigenvalue weighted by atomic mass is 10.2. The van der Waals surface area contributed by atoms with Crippen LogP contribution < -0.4 is 0 Å². The fourth-order valence-corrected chi connectivity index (χ4v) is 2.32. The number of carbonyl (C=O) groups is 1. The second-order valence-electron chi connectivity index (χ2n) is 4.20. The number of thioether (sulfide) groups is 1. The summed E-state index contributed by atoms with van der Waals surface area (Å²) in [5, 5.41) is 8.45. The molecule has 0 unspecified atom stereocenters. The first-order valence-corrected chi connectivity index (χ1v) is 7.03. The maximum absolute atomic E-state index is 11.7. The van der Waals surface area contributed by atoms with Crippen molar-refractivity contribution in [1.29, 1.82) is 5.26 Å². The third-order valence-electron chi connectivity index (χ3n) is 2.60. The lowest BCUT2D eigenvalue weighted by molar-refractivity contribution is -0.127. The van der Waals surface area contributed by atoms with E-state index in [1.807, 2.05) is 6.07 Å². The second kappa shape index (κ2) is 7.78. The van der Waals surface area contributed by atoms with Crippen LogP contribution in [0.5, 0.6) is 0 Å². The predicted octanol–water partition coefficient (Wildman–Crippen LogP) is 2.60. The summed E-state index contributed by atoms with van der Waals surface area (Å²) in [5.41, 5.74) is 2.48. The van der Waals surface area contributed by atoms with Crippen LogP contribution in [-0.2, 0) is 10.5 Å². The average Bonchev–Trinajstić information content (AvgIpc) is 2.38. The lowest BCUT2D eigenvalue weighted by Crippen LogP contribution is -2.29. The molecule has 1 amide bonds. The highest BCUT2D eigenvalue weighted by atomic mass is 32.2. The first kappa shape index (κ1) is 14.6. The van der Waals surface area contributed by atoms with Gasteiger partial charge in [-0.15, -0.1) is 11.8 Å². The molecule has 0 bridgehead atoms. The van der Waals surface area contributed by atoms with E-state index in [1.165, 1.54) is 11.1 Å². The molecule has 0 aliphatic carbocycles. The quantitative estimate of drug-likeness (QED) is 0.791. The highest BCUT2D eigenvalue weighted by molar-refractivity contribution is 7.99. The highest BCUT2D eigenvalue weighted by Gasteiger charge is 2.07. The van der Waals surface area contributed by atoms with E-state index in [9.17, 15) is 4.79 Å². The normalized spacial score (nSPS) is 9.83. The van der Waals surface area contributed by atoms with Gasteiger partial charge in [-0.2, -0.15) is 5.26 Å². The van der Waals surface area contributed by atoms with E-state index < -0.39 is 0 Å². The van der Waals surface area contributed by atoms with Crippen LogP contribution in [0.1, 0.15) is 17.5 Å². The minimum atomic E-state index is 0.0855. The molecule has 0 N–H and O–H groups in total. The van der Waals surface area contributed by atoms with Crippen molar-refractivity contribution in [3.05, 3.63) is 35.4 Å². The number of aryl methyl sites for hydroxylation is 1. The van der Waals surface area contributed by atoms with Crippen molar-refractivity contribution in [2.24, 2.45) is 0 Å². The summed E-state index contributed by atoms with van der Waals surface area (Å²) in [5.74, 6) is 1.40. The van der Waals surface area contributed by atoms with E-state index in [4.69, 9.17) is 5.26 Å². The molecular formula is C14H18N2OS. The van der Waals surface area contributed by atoms with Crippen molar-refractivity contribution in [2.75, 3.05) is 19.3 Å². The number of rotatable bonds is 6. The van der Waals surface area contributed by atoms with E-state index in [0.29, 0.717) is 18.7 Å². The monoisotopic (exact) mass is 262 g/mol. The Bertz CT molecular complexity index is 422. The van der Waals surface area contributed by atoms with Crippen molar-refractivity contribution in [1.82, 2.24) is 4.90 Å². The molecule has 0 saturated carbocycles. The van der Waals surface area contributed by atoms with Gasteiger partial charge in [-0.25, -0.2) is 0 Å². The molecule has 0 fully saturated rings. The van der Waals surface area contributed by atoms with Crippen LogP contribution in [0.4, 0.5) is 0 Å². The topological polar surface area (TPSA) is 44.1 Å². The fraction of sp³-hybridized carbons (Fsp3) is 0.429. The maximum atomic E-state index is 11.7. The van der Waals surface area contributed by atoms with Gasteiger partial charge in [-0.1, -0.05) is 29.8 Å². The smallest absolute Gasteiger partial charge is 0.232 e. The maximum Gasteiger partial charge on any atom is 0.232 e. The number of carbonyl (C=O) groups excluding carboxylic acids is 1. The van der Waals surface area contributed by atoms with Gasteiger partial charge in [0.15, 0.2) is 0 Å². The summed E-state index contributed by atoms with van der Waals surface area (Å²) in [6.45, 7) is 2.57. The van der Waals surface area contributed by atoms with Gasteiger partial charge in [0, 0.05) is 19.3 Å². The Morgan fingerprint density at radius 2 is 2.06 bits per heavy atom. The lowest BCUT2D eigenvalue weighted by Gasteiger charge is -2.14. The van der Waals surface area contributed by atoms with E-state index >= 15 is 0 Å². The van der Waals surface area contributed by atoms with E-state index in [-0.39, 0.29) is 5.91 Å². The Hall–Kier alpha value is -1.47. The third kappa shape index (κ3) is 5.24. The molecule has 96 valence electrons. The molecule has 0 spiro atoms. The van der Waals surface area contributed by atoms with E-state index in [2.05, 4.69) is 31.2 Å². The Kier molecular flexibility index (Phi) is 6.31. The molecule has 0 aliphatic heterocycles. The largest absolute Gasteiger partial charge is 0.344 e. The van der Waals surface area contributed by atoms with Gasteiger partial charge in [0.1, 0.15) is 0 Å². The summed E-state index contributed by atoms with van der Waals surface area (Å²) in [6, 6.07) is 10.4. The van der Waals surface area contributed by atoms with Gasteiger partial charge < -0.3 is 4.90 Å². The number of hydrogen-bond acceptors (Lipinski definition) is 3. The molecule has 4 heteroatoms. The Morgan fingerprint density at radius 3 is 2.67 bits per heavy atom. The predicted molar refractivity (Wildman–Crippen MR) is 75.2 cm³/mol. The van der Waals surface area contributed by atoms with Gasteiger partial charge in [-0.3, -0.25) is 4.79 Å². The zero-order valence-corrected chi connectivity index (χ0v) is 11.7. The molecule has 0 aliphatic rings. The van der Waals surface area contributed by atoms with E-state index in [0.717, 1.165) is 5.75 Å². The van der Waals surface area contributed by atoms with Crippen LogP contribution in [0.15, 0.2) is 24.3 Å². The summed E-state index contributed by atoms with van der Waals surface area (Å²) in [4.78, 5) is 13.3. The van der Waals surface area contributed by atoms with Gasteiger partial charge in [0.2, 0.25) is 5.91 Å². The zero-order valence-electron chi connectivity index (χ0n) is 10.8. The molecule has 0 saturated heterocycles. The van der Waals surface area contributed by atoms with Crippen LogP contribution >= 0.6 is 11.8 Å². The number of nitriles is 1. The van der Waals surface area contributed by atoms with Crippen molar-refractivity contribution < 1.29 is 4.79 Å². The van der Waals surface area contributed by atoms with Gasteiger partial charge in [0.05, 0.1) is 18.2 Å². The highest BCUT2D eigenvalue weighted by Crippen LogP contribution is 2.13. The van der Waals surface area contributed by atoms with Crippen molar-refractivity contribution >= 4 is 17.7 Å². The van der Waals surface area contributed by atoms with Gasteiger partial charge in [0.25, 0.3) is 0 Å². The molecule has 18 heavy (non-hydrogen) atoms. The number of benzene rings is 1. The van der Waals surface area contributed by atoms with Crippen molar-refractivity contribution in [3.8, 4) is 6.07 Å². The first-order valence-electron chi connectivity index (χ1n) is 5.87. The third-order valence-corrected chi connectivity index (χ3v) is 3.59. The Balaban J connectivity index is 2.27. The van der Waals surface area contributed by atoms with Crippen LogP contribution in [-0.4, -0.2) is 30.2 Å². The first-order chi connectivity index (χ1) is 8.63. The van der Waals surface area contributed by atoms with Crippen LogP contribution in [0, 0.1) is 18.3 Å². The fourth-order valence-electron chi connectivity index (χ4n) is 1.39. The number of hydrogen-bond donors (Lipinski definition) is 0. The number of nitrogens with zero attached hydrogens (tertiary/aromatic N) is 2. The molecule has 0 radical (unpaired) electrons. The molecule has 0 aromatic heterocycles. The second-order valence-corrected chi connectivity index (χ2v) is 5.19. The van der Waals surface area contributed by atoms with Crippen LogP contribution in [0.2, 0.25) is 0 Å². The summed E-state index contributed by atoms with van der Waals surface area (Å²) >= 11 is 1.61. The summed E-state index contributed by atoms with van der Waals surface area (Å²) < 4.78 is 0. The van der Waals surface area contributed by atoms with Crippen molar-refractivity contribution in [3.63, 3.8) is 0 Å². The average molecular weight is 262 g/mol. The van der Waals surface area contributed by atoms with Gasteiger partial charge >= 0.3 is 0 Å². The van der Waals surface area contributed by atoms with Crippen LogP contribution in [0.25, 0.3) is 0 Å². The summed E-state index contributed by atoms with van der Waals surface area (Å²) in [6.07, 6.45) is 0.394. The Morgan fingerprint density at radius 1 is 1.39 bits per heavy atom. The molecule has 0 heterocycles. The molecular weight excluding hydrogens is 244 g/mol. The van der Waals surface area contributed by atoms with Gasteiger partial charge in [-0.05, 0) is 12.5 Å². The van der Waals surface area contributed by atoms with Crippen LogP contribution in [0.3, 0.4) is 0 Å². The molecule has 3 nitrogen and oxygen atoms in total.